The van der Waals surface area contributed by atoms with Crippen molar-refractivity contribution in [2.75, 3.05) is 5.32 Å². The van der Waals surface area contributed by atoms with Crippen molar-refractivity contribution in [1.29, 1.82) is 0 Å². The zero-order valence-corrected chi connectivity index (χ0v) is 17.4. The minimum absolute atomic E-state index is 0.0119. The fraction of sp³-hybridized carbons (Fsp3) is 0.174. The number of rotatable bonds is 5. The van der Waals surface area contributed by atoms with E-state index in [1.54, 1.807) is 24.3 Å². The maximum atomic E-state index is 14.1. The van der Waals surface area contributed by atoms with E-state index >= 15 is 0 Å². The van der Waals surface area contributed by atoms with Gasteiger partial charge >= 0.3 is 6.18 Å². The van der Waals surface area contributed by atoms with Gasteiger partial charge in [-0.15, -0.1) is 0 Å². The minimum atomic E-state index is -4.88. The lowest BCUT2D eigenvalue weighted by Gasteiger charge is -2.14. The van der Waals surface area contributed by atoms with Crippen LogP contribution in [0.2, 0.25) is 0 Å². The maximum absolute atomic E-state index is 14.1. The van der Waals surface area contributed by atoms with Crippen molar-refractivity contribution in [1.82, 2.24) is 19.7 Å². The lowest BCUT2D eigenvalue weighted by atomic mass is 10.1. The summed E-state index contributed by atoms with van der Waals surface area (Å²) >= 11 is 0. The Morgan fingerprint density at radius 1 is 1.18 bits per heavy atom. The molecule has 0 spiro atoms. The Hall–Kier alpha value is -4.46. The Morgan fingerprint density at radius 3 is 2.74 bits per heavy atom. The van der Waals surface area contributed by atoms with E-state index in [0.717, 1.165) is 19.0 Å². The second kappa shape index (κ2) is 8.15. The average molecular weight is 464 g/mol. The molecule has 1 aliphatic carbocycles. The van der Waals surface area contributed by atoms with E-state index in [1.807, 2.05) is 0 Å². The number of carbonyl (C=O) groups excluding carboxylic acids is 1. The molecular weight excluding hydrogens is 449 g/mol. The topological polar surface area (TPSA) is 86.3 Å². The molecule has 0 unspecified atom stereocenters. The van der Waals surface area contributed by atoms with E-state index in [9.17, 15) is 18.0 Å². The highest BCUT2D eigenvalue weighted by molar-refractivity contribution is 6.05. The second-order valence-corrected chi connectivity index (χ2v) is 7.60. The van der Waals surface area contributed by atoms with Crippen molar-refractivity contribution in [3.05, 3.63) is 77.7 Å². The number of nitrogens with zero attached hydrogens (tertiary/aromatic N) is 5. The number of benzene rings is 1. The molecule has 0 atom stereocenters. The summed E-state index contributed by atoms with van der Waals surface area (Å²) in [6.07, 6.45) is 0.501. The van der Waals surface area contributed by atoms with Gasteiger partial charge in [0.15, 0.2) is 5.69 Å². The number of nitrogens with one attached hydrogen (secondary N) is 1. The van der Waals surface area contributed by atoms with Crippen LogP contribution in [0.25, 0.3) is 21.4 Å². The zero-order valence-electron chi connectivity index (χ0n) is 17.4. The summed E-state index contributed by atoms with van der Waals surface area (Å²) in [5, 5.41) is 6.70. The van der Waals surface area contributed by atoms with Crippen molar-refractivity contribution in [3.63, 3.8) is 0 Å². The SMILES string of the molecule is [C-]#[N+]c1cc(NC(=O)c2cnn(-c3cccc4ncccc34)c2C(F)(F)F)cnc1OC1CC1. The van der Waals surface area contributed by atoms with Crippen LogP contribution in [0.1, 0.15) is 28.9 Å². The van der Waals surface area contributed by atoms with Crippen LogP contribution in [0.5, 0.6) is 5.88 Å². The van der Waals surface area contributed by atoms with Crippen molar-refractivity contribution in [2.24, 2.45) is 0 Å². The Bertz CT molecular complexity index is 1450. The number of amides is 1. The zero-order chi connectivity index (χ0) is 23.9. The van der Waals surface area contributed by atoms with Gasteiger partial charge in [-0.05, 0) is 43.2 Å². The molecule has 0 bridgehead atoms. The molecule has 1 saturated carbocycles. The molecule has 3 aromatic heterocycles. The molecule has 11 heteroatoms. The van der Waals surface area contributed by atoms with Crippen LogP contribution in [-0.4, -0.2) is 31.8 Å². The summed E-state index contributed by atoms with van der Waals surface area (Å²) in [5.41, 5.74) is -1.16. The molecule has 1 aromatic carbocycles. The quantitative estimate of drug-likeness (QED) is 0.412. The molecule has 1 amide bonds. The number of hydrogen-bond donors (Lipinski definition) is 1. The van der Waals surface area contributed by atoms with Crippen LogP contribution < -0.4 is 10.1 Å². The van der Waals surface area contributed by atoms with Crippen molar-refractivity contribution in [3.8, 4) is 11.6 Å². The van der Waals surface area contributed by atoms with Gasteiger partial charge in [0.05, 0.1) is 41.8 Å². The van der Waals surface area contributed by atoms with Crippen LogP contribution in [0.4, 0.5) is 24.5 Å². The molecule has 1 N–H and O–H groups in total. The highest BCUT2D eigenvalue weighted by Crippen LogP contribution is 2.36. The van der Waals surface area contributed by atoms with E-state index in [-0.39, 0.29) is 29.0 Å². The Labute approximate surface area is 190 Å². The first kappa shape index (κ1) is 21.4. The molecule has 3 heterocycles. The fourth-order valence-electron chi connectivity index (χ4n) is 3.46. The fourth-order valence-corrected chi connectivity index (χ4v) is 3.46. The second-order valence-electron chi connectivity index (χ2n) is 7.60. The first-order valence-corrected chi connectivity index (χ1v) is 10.2. The van der Waals surface area contributed by atoms with Crippen LogP contribution in [0, 0.1) is 6.57 Å². The first-order valence-electron chi connectivity index (χ1n) is 10.2. The largest absolute Gasteiger partial charge is 0.483 e. The summed E-state index contributed by atoms with van der Waals surface area (Å²) in [7, 11) is 0. The number of anilines is 1. The van der Waals surface area contributed by atoms with Gasteiger partial charge in [0, 0.05) is 17.3 Å². The Balaban J connectivity index is 1.51. The lowest BCUT2D eigenvalue weighted by Crippen LogP contribution is -2.21. The van der Waals surface area contributed by atoms with E-state index in [4.69, 9.17) is 11.3 Å². The smallest absolute Gasteiger partial charge is 0.434 e. The van der Waals surface area contributed by atoms with Gasteiger partial charge in [-0.1, -0.05) is 6.07 Å². The Morgan fingerprint density at radius 2 is 2.00 bits per heavy atom. The van der Waals surface area contributed by atoms with Crippen molar-refractivity contribution >= 4 is 28.2 Å². The number of hydrogen-bond acceptors (Lipinski definition) is 5. The van der Waals surface area contributed by atoms with Crippen molar-refractivity contribution in [2.45, 2.75) is 25.1 Å². The molecule has 1 fully saturated rings. The number of pyridine rings is 2. The summed E-state index contributed by atoms with van der Waals surface area (Å²) in [6, 6.07) is 9.25. The monoisotopic (exact) mass is 464 g/mol. The molecule has 170 valence electrons. The van der Waals surface area contributed by atoms with Gasteiger partial charge in [0.25, 0.3) is 5.91 Å². The molecule has 5 rings (SSSR count). The van der Waals surface area contributed by atoms with Crippen LogP contribution >= 0.6 is 0 Å². The van der Waals surface area contributed by atoms with E-state index in [2.05, 4.69) is 25.2 Å². The molecule has 8 nitrogen and oxygen atoms in total. The molecular formula is C23H15F3N6O2. The number of alkyl halides is 3. The third kappa shape index (κ3) is 4.01. The minimum Gasteiger partial charge on any atom is -0.483 e. The molecule has 1 aliphatic rings. The summed E-state index contributed by atoms with van der Waals surface area (Å²) < 4.78 is 48.5. The van der Waals surface area contributed by atoms with Crippen LogP contribution in [-0.2, 0) is 6.18 Å². The predicted octanol–water partition coefficient (Wildman–Crippen LogP) is 5.18. The van der Waals surface area contributed by atoms with Gasteiger partial charge in [-0.25, -0.2) is 14.5 Å². The molecule has 4 aromatic rings. The van der Waals surface area contributed by atoms with Crippen LogP contribution in [0.3, 0.4) is 0 Å². The lowest BCUT2D eigenvalue weighted by molar-refractivity contribution is -0.143. The third-order valence-corrected chi connectivity index (χ3v) is 5.15. The highest BCUT2D eigenvalue weighted by atomic mass is 19.4. The molecule has 0 radical (unpaired) electrons. The predicted molar refractivity (Wildman–Crippen MR) is 116 cm³/mol. The van der Waals surface area contributed by atoms with Gasteiger partial charge in [-0.2, -0.15) is 18.3 Å². The van der Waals surface area contributed by atoms with E-state index < -0.39 is 23.3 Å². The van der Waals surface area contributed by atoms with Crippen LogP contribution in [0.15, 0.2) is 55.0 Å². The van der Waals surface area contributed by atoms with Gasteiger partial charge < -0.3 is 10.1 Å². The normalized spacial score (nSPS) is 13.5. The summed E-state index contributed by atoms with van der Waals surface area (Å²) in [6.45, 7) is 7.30. The van der Waals surface area contributed by atoms with Gasteiger partial charge in [0.1, 0.15) is 0 Å². The molecule has 0 saturated heterocycles. The summed E-state index contributed by atoms with van der Waals surface area (Å²) in [4.78, 5) is 24.4. The highest BCUT2D eigenvalue weighted by Gasteiger charge is 2.41. The number of fused-ring (bicyclic) bond motifs is 1. The molecule has 0 aliphatic heterocycles. The standard InChI is InChI=1S/C23H15F3N6O2/c1-27-18-10-13(11-29-22(18)34-14-7-8-14)31-21(33)16-12-30-32(20(16)23(24,25)26)19-6-2-5-17-15(19)4-3-9-28-17/h2-6,9-12,14H,7-8H2,(H,31,33). The Kier molecular flexibility index (Phi) is 5.13. The van der Waals surface area contributed by atoms with Gasteiger partial charge in [-0.3, -0.25) is 9.78 Å². The molecule has 34 heavy (non-hydrogen) atoms. The third-order valence-electron chi connectivity index (χ3n) is 5.15. The van der Waals surface area contributed by atoms with Crippen molar-refractivity contribution < 1.29 is 22.7 Å². The van der Waals surface area contributed by atoms with Gasteiger partial charge in [0.2, 0.25) is 11.6 Å². The number of carbonyl (C=O) groups is 1. The number of ether oxygens (including phenoxy) is 1. The number of halogens is 3. The number of aromatic nitrogens is 4. The maximum Gasteiger partial charge on any atom is 0.434 e. The average Bonchev–Trinajstić information content (AvgIpc) is 3.52. The van der Waals surface area contributed by atoms with E-state index in [0.29, 0.717) is 15.6 Å². The first-order chi connectivity index (χ1) is 16.3. The van der Waals surface area contributed by atoms with E-state index in [1.165, 1.54) is 24.5 Å². The summed E-state index contributed by atoms with van der Waals surface area (Å²) in [5.74, 6) is -0.908.